The number of anilines is 2. The van der Waals surface area contributed by atoms with Crippen LogP contribution in [0.1, 0.15) is 20.9 Å². The number of amides is 2. The molecule has 5 rings (SSSR count). The average Bonchev–Trinajstić information content (AvgIpc) is 3.50. The molecule has 0 unspecified atom stereocenters. The second-order valence-corrected chi connectivity index (χ2v) is 7.05. The van der Waals surface area contributed by atoms with E-state index < -0.39 is 0 Å². The van der Waals surface area contributed by atoms with Crippen molar-refractivity contribution in [2.24, 2.45) is 0 Å². The molecular formula is C25H17N3O4. The zero-order valence-corrected chi connectivity index (χ0v) is 16.7. The van der Waals surface area contributed by atoms with Crippen LogP contribution in [0.5, 0.6) is 0 Å². The van der Waals surface area contributed by atoms with Crippen molar-refractivity contribution in [3.63, 3.8) is 0 Å². The van der Waals surface area contributed by atoms with Gasteiger partial charge in [-0.15, -0.1) is 0 Å². The number of furan rings is 1. The molecule has 156 valence electrons. The van der Waals surface area contributed by atoms with Crippen LogP contribution in [0, 0.1) is 0 Å². The molecule has 0 aliphatic heterocycles. The number of rotatable bonds is 5. The molecular weight excluding hydrogens is 406 g/mol. The van der Waals surface area contributed by atoms with Crippen molar-refractivity contribution in [2.45, 2.75) is 0 Å². The Balaban J connectivity index is 1.23. The first-order chi connectivity index (χ1) is 15.7. The lowest BCUT2D eigenvalue weighted by molar-refractivity contribution is 0.0997. The van der Waals surface area contributed by atoms with Gasteiger partial charge in [0.2, 0.25) is 5.89 Å². The van der Waals surface area contributed by atoms with Crippen LogP contribution in [-0.4, -0.2) is 16.8 Å². The monoisotopic (exact) mass is 423 g/mol. The van der Waals surface area contributed by atoms with E-state index in [0.29, 0.717) is 28.4 Å². The predicted molar refractivity (Wildman–Crippen MR) is 121 cm³/mol. The van der Waals surface area contributed by atoms with Crippen LogP contribution in [0.15, 0.2) is 100 Å². The molecule has 2 aromatic heterocycles. The summed E-state index contributed by atoms with van der Waals surface area (Å²) in [5.41, 5.74) is 3.13. The van der Waals surface area contributed by atoms with Gasteiger partial charge < -0.3 is 19.5 Å². The molecule has 5 aromatic rings. The van der Waals surface area contributed by atoms with E-state index in [0.717, 1.165) is 10.9 Å². The van der Waals surface area contributed by atoms with Gasteiger partial charge in [-0.2, -0.15) is 0 Å². The number of fused-ring (bicyclic) bond motifs is 1. The van der Waals surface area contributed by atoms with Crippen molar-refractivity contribution in [3.05, 3.63) is 103 Å². The maximum atomic E-state index is 12.5. The third kappa shape index (κ3) is 3.99. The fourth-order valence-electron chi connectivity index (χ4n) is 3.26. The van der Waals surface area contributed by atoms with Crippen molar-refractivity contribution in [2.75, 3.05) is 10.6 Å². The van der Waals surface area contributed by atoms with Crippen LogP contribution < -0.4 is 10.6 Å². The summed E-state index contributed by atoms with van der Waals surface area (Å²) in [7, 11) is 0. The van der Waals surface area contributed by atoms with Gasteiger partial charge >= 0.3 is 0 Å². The fourth-order valence-corrected chi connectivity index (χ4v) is 3.26. The topological polar surface area (TPSA) is 97.4 Å². The average molecular weight is 423 g/mol. The van der Waals surface area contributed by atoms with Crippen molar-refractivity contribution in [1.82, 2.24) is 4.98 Å². The highest BCUT2D eigenvalue weighted by Gasteiger charge is 2.13. The number of nitrogens with zero attached hydrogens (tertiary/aromatic N) is 1. The van der Waals surface area contributed by atoms with Crippen molar-refractivity contribution in [3.8, 4) is 11.5 Å². The molecule has 2 heterocycles. The number of carbonyl (C=O) groups is 2. The number of carbonyl (C=O) groups excluding carboxylic acids is 2. The Morgan fingerprint density at radius 1 is 0.781 bits per heavy atom. The highest BCUT2D eigenvalue weighted by atomic mass is 16.3. The maximum absolute atomic E-state index is 12.5. The number of aromatic nitrogens is 1. The van der Waals surface area contributed by atoms with Gasteiger partial charge in [0.05, 0.1) is 6.20 Å². The highest BCUT2D eigenvalue weighted by molar-refractivity contribution is 6.06. The predicted octanol–water partition coefficient (Wildman–Crippen LogP) is 5.59. The summed E-state index contributed by atoms with van der Waals surface area (Å²) >= 11 is 0. The molecule has 7 nitrogen and oxygen atoms in total. The van der Waals surface area contributed by atoms with Gasteiger partial charge in [0, 0.05) is 27.9 Å². The standard InChI is InChI=1S/C25H17N3O4/c29-23(27-19-11-7-17(8-12-19)25-26-13-14-31-25)16-5-9-20(10-6-16)28-24(30)22-15-18-3-1-2-4-21(18)32-22/h1-15H,(H,27,29)(H,28,30). The molecule has 3 aromatic carbocycles. The summed E-state index contributed by atoms with van der Waals surface area (Å²) in [5, 5.41) is 6.47. The van der Waals surface area contributed by atoms with Gasteiger partial charge in [0.1, 0.15) is 11.8 Å². The van der Waals surface area contributed by atoms with Crippen LogP contribution in [0.2, 0.25) is 0 Å². The van der Waals surface area contributed by atoms with Gasteiger partial charge in [-0.3, -0.25) is 9.59 Å². The molecule has 0 aliphatic carbocycles. The highest BCUT2D eigenvalue weighted by Crippen LogP contribution is 2.22. The van der Waals surface area contributed by atoms with Gasteiger partial charge in [0.25, 0.3) is 11.8 Å². The Kier molecular flexibility index (Phi) is 4.97. The second kappa shape index (κ2) is 8.23. The van der Waals surface area contributed by atoms with E-state index in [4.69, 9.17) is 8.83 Å². The summed E-state index contributed by atoms with van der Waals surface area (Å²) < 4.78 is 10.8. The first kappa shape index (κ1) is 19.3. The summed E-state index contributed by atoms with van der Waals surface area (Å²) in [5.74, 6) is 0.123. The minimum absolute atomic E-state index is 0.223. The van der Waals surface area contributed by atoms with E-state index >= 15 is 0 Å². The molecule has 7 heteroatoms. The quantitative estimate of drug-likeness (QED) is 0.384. The van der Waals surface area contributed by atoms with E-state index in [1.54, 1.807) is 54.7 Å². The minimum Gasteiger partial charge on any atom is -0.451 e. The zero-order chi connectivity index (χ0) is 21.9. The van der Waals surface area contributed by atoms with Crippen molar-refractivity contribution in [1.29, 1.82) is 0 Å². The molecule has 0 radical (unpaired) electrons. The van der Waals surface area contributed by atoms with Crippen LogP contribution >= 0.6 is 0 Å². The number of oxazole rings is 1. The number of hydrogen-bond acceptors (Lipinski definition) is 5. The van der Waals surface area contributed by atoms with Gasteiger partial charge in [0.15, 0.2) is 5.76 Å². The molecule has 0 fully saturated rings. The molecule has 2 amide bonds. The number of benzene rings is 3. The Morgan fingerprint density at radius 2 is 1.47 bits per heavy atom. The Hall–Kier alpha value is -4.65. The molecule has 32 heavy (non-hydrogen) atoms. The van der Waals surface area contributed by atoms with Gasteiger partial charge in [-0.25, -0.2) is 4.98 Å². The molecule has 0 saturated heterocycles. The Morgan fingerprint density at radius 3 is 2.16 bits per heavy atom. The van der Waals surface area contributed by atoms with E-state index in [-0.39, 0.29) is 17.6 Å². The van der Waals surface area contributed by atoms with E-state index in [1.807, 2.05) is 30.3 Å². The molecule has 0 bridgehead atoms. The second-order valence-electron chi connectivity index (χ2n) is 7.05. The molecule has 0 spiro atoms. The normalized spacial score (nSPS) is 10.8. The van der Waals surface area contributed by atoms with Crippen LogP contribution in [0.3, 0.4) is 0 Å². The van der Waals surface area contributed by atoms with E-state index in [1.165, 1.54) is 6.26 Å². The largest absolute Gasteiger partial charge is 0.451 e. The smallest absolute Gasteiger partial charge is 0.291 e. The SMILES string of the molecule is O=C(Nc1ccc(-c2ncco2)cc1)c1ccc(NC(=O)c2cc3ccccc3o2)cc1. The first-order valence-electron chi connectivity index (χ1n) is 9.87. The third-order valence-corrected chi connectivity index (χ3v) is 4.88. The first-order valence-corrected chi connectivity index (χ1v) is 9.87. The van der Waals surface area contributed by atoms with E-state index in [9.17, 15) is 9.59 Å². The van der Waals surface area contributed by atoms with Crippen LogP contribution in [0.4, 0.5) is 11.4 Å². The minimum atomic E-state index is -0.357. The Bertz CT molecular complexity index is 1350. The van der Waals surface area contributed by atoms with Gasteiger partial charge in [-0.05, 0) is 60.7 Å². The summed E-state index contributed by atoms with van der Waals surface area (Å²) in [6.45, 7) is 0. The molecule has 0 aliphatic rings. The fraction of sp³-hybridized carbons (Fsp3) is 0. The van der Waals surface area contributed by atoms with Crippen LogP contribution in [0.25, 0.3) is 22.4 Å². The molecule has 0 saturated carbocycles. The lowest BCUT2D eigenvalue weighted by atomic mass is 10.1. The van der Waals surface area contributed by atoms with E-state index in [2.05, 4.69) is 15.6 Å². The third-order valence-electron chi connectivity index (χ3n) is 4.88. The lowest BCUT2D eigenvalue weighted by Crippen LogP contribution is -2.13. The summed E-state index contributed by atoms with van der Waals surface area (Å²) in [4.78, 5) is 29.1. The maximum Gasteiger partial charge on any atom is 0.291 e. The molecule has 0 atom stereocenters. The Labute approximate surface area is 182 Å². The van der Waals surface area contributed by atoms with Crippen LogP contribution in [-0.2, 0) is 0 Å². The lowest BCUT2D eigenvalue weighted by Gasteiger charge is -2.07. The van der Waals surface area contributed by atoms with Crippen molar-refractivity contribution < 1.29 is 18.4 Å². The number of nitrogens with one attached hydrogen (secondary N) is 2. The number of hydrogen-bond donors (Lipinski definition) is 2. The number of para-hydroxylation sites is 1. The molecule has 2 N–H and O–H groups in total. The van der Waals surface area contributed by atoms with Gasteiger partial charge in [-0.1, -0.05) is 18.2 Å². The zero-order valence-electron chi connectivity index (χ0n) is 16.7. The summed E-state index contributed by atoms with van der Waals surface area (Å²) in [6, 6.07) is 22.9. The summed E-state index contributed by atoms with van der Waals surface area (Å²) in [6.07, 6.45) is 3.08. The van der Waals surface area contributed by atoms with Crippen molar-refractivity contribution >= 4 is 34.2 Å².